The van der Waals surface area contributed by atoms with Crippen LogP contribution in [0.15, 0.2) is 6.07 Å². The van der Waals surface area contributed by atoms with E-state index in [0.717, 1.165) is 13.0 Å². The van der Waals surface area contributed by atoms with Crippen molar-refractivity contribution in [2.75, 3.05) is 0 Å². The van der Waals surface area contributed by atoms with Crippen molar-refractivity contribution in [3.63, 3.8) is 0 Å². The molecule has 0 saturated carbocycles. The van der Waals surface area contributed by atoms with Crippen LogP contribution < -0.4 is 0 Å². The zero-order valence-electron chi connectivity index (χ0n) is 11.1. The zero-order chi connectivity index (χ0) is 14.7. The maximum Gasteiger partial charge on any atom is 0.417 e. The summed E-state index contributed by atoms with van der Waals surface area (Å²) in [7, 11) is 0. The summed E-state index contributed by atoms with van der Waals surface area (Å²) in [6, 6.07) is 0.843. The molecule has 0 aliphatic heterocycles. The molecule has 0 radical (unpaired) electrons. The van der Waals surface area contributed by atoms with Gasteiger partial charge in [0, 0.05) is 5.56 Å². The van der Waals surface area contributed by atoms with E-state index in [1.807, 2.05) is 13.8 Å². The van der Waals surface area contributed by atoms with E-state index in [0.29, 0.717) is 0 Å². The molecule has 0 spiro atoms. The van der Waals surface area contributed by atoms with Gasteiger partial charge in [0.05, 0.1) is 5.56 Å². The van der Waals surface area contributed by atoms with Crippen molar-refractivity contribution in [3.8, 4) is 5.75 Å². The predicted molar refractivity (Wildman–Crippen MR) is 63.2 cm³/mol. The maximum absolute atomic E-state index is 13.2. The van der Waals surface area contributed by atoms with Gasteiger partial charge in [-0.2, -0.15) is 13.2 Å². The van der Waals surface area contributed by atoms with Crippen LogP contribution in [0.5, 0.6) is 5.75 Å². The molecule has 0 aromatic heterocycles. The van der Waals surface area contributed by atoms with Crippen molar-refractivity contribution < 1.29 is 22.7 Å². The number of phenols is 1. The Morgan fingerprint density at radius 3 is 1.94 bits per heavy atom. The van der Waals surface area contributed by atoms with Gasteiger partial charge in [0.25, 0.3) is 0 Å². The van der Waals surface area contributed by atoms with Gasteiger partial charge in [-0.1, -0.05) is 27.7 Å². The smallest absolute Gasteiger partial charge is 0.417 e. The largest absolute Gasteiger partial charge is 0.505 e. The molecule has 1 rings (SSSR count). The highest BCUT2D eigenvalue weighted by Gasteiger charge is 2.37. The number of rotatable bonds is 1. The predicted octanol–water partition coefficient (Wildman–Crippen LogP) is 5.01. The van der Waals surface area contributed by atoms with Crippen LogP contribution >= 0.6 is 0 Å². The van der Waals surface area contributed by atoms with Crippen LogP contribution in [0.25, 0.3) is 0 Å². The first kappa shape index (κ1) is 16.7. The third-order valence-corrected chi connectivity index (χ3v) is 2.42. The first-order valence-electron chi connectivity index (χ1n) is 5.75. The SMILES string of the molecule is CC.Cc1c(F)c(O)cc(C(C)C)c1C(F)(F)F. The van der Waals surface area contributed by atoms with Gasteiger partial charge >= 0.3 is 6.18 Å². The lowest BCUT2D eigenvalue weighted by Crippen LogP contribution is -2.14. The summed E-state index contributed by atoms with van der Waals surface area (Å²) in [5.41, 5.74) is -1.64. The summed E-state index contributed by atoms with van der Waals surface area (Å²) in [5.74, 6) is -2.40. The minimum absolute atomic E-state index is 0.0936. The van der Waals surface area contributed by atoms with Crippen LogP contribution in [0.2, 0.25) is 0 Å². The summed E-state index contributed by atoms with van der Waals surface area (Å²) in [5, 5.41) is 9.18. The van der Waals surface area contributed by atoms with Crippen LogP contribution in [-0.2, 0) is 6.18 Å². The van der Waals surface area contributed by atoms with Gasteiger partial charge in [-0.25, -0.2) is 4.39 Å². The van der Waals surface area contributed by atoms with Crippen molar-refractivity contribution in [1.29, 1.82) is 0 Å². The van der Waals surface area contributed by atoms with Crippen LogP contribution in [-0.4, -0.2) is 5.11 Å². The Kier molecular flexibility index (Phi) is 5.64. The molecule has 1 aromatic rings. The van der Waals surface area contributed by atoms with Gasteiger partial charge < -0.3 is 5.11 Å². The molecule has 5 heteroatoms. The van der Waals surface area contributed by atoms with Crippen molar-refractivity contribution in [3.05, 3.63) is 28.6 Å². The minimum Gasteiger partial charge on any atom is -0.505 e. The van der Waals surface area contributed by atoms with Crippen LogP contribution in [0.4, 0.5) is 17.6 Å². The van der Waals surface area contributed by atoms with E-state index in [4.69, 9.17) is 0 Å². The fourth-order valence-corrected chi connectivity index (χ4v) is 1.63. The molecule has 0 unspecified atom stereocenters. The van der Waals surface area contributed by atoms with E-state index in [2.05, 4.69) is 0 Å². The molecule has 0 fully saturated rings. The first-order valence-corrected chi connectivity index (χ1v) is 5.75. The van der Waals surface area contributed by atoms with E-state index in [-0.39, 0.29) is 5.56 Å². The fourth-order valence-electron chi connectivity index (χ4n) is 1.63. The summed E-state index contributed by atoms with van der Waals surface area (Å²) in [4.78, 5) is 0. The number of aromatic hydroxyl groups is 1. The van der Waals surface area contributed by atoms with Gasteiger partial charge in [-0.15, -0.1) is 0 Å². The van der Waals surface area contributed by atoms with Crippen molar-refractivity contribution in [2.24, 2.45) is 0 Å². The molecule has 1 aromatic carbocycles. The molecule has 1 nitrogen and oxygen atoms in total. The Labute approximate surface area is 104 Å². The highest BCUT2D eigenvalue weighted by atomic mass is 19.4. The number of halogens is 4. The Morgan fingerprint density at radius 1 is 1.17 bits per heavy atom. The van der Waals surface area contributed by atoms with E-state index >= 15 is 0 Å². The average molecular weight is 266 g/mol. The lowest BCUT2D eigenvalue weighted by atomic mass is 9.92. The van der Waals surface area contributed by atoms with Gasteiger partial charge in [-0.3, -0.25) is 0 Å². The first-order chi connectivity index (χ1) is 8.16. The lowest BCUT2D eigenvalue weighted by molar-refractivity contribution is -0.139. The van der Waals surface area contributed by atoms with Gasteiger partial charge in [0.15, 0.2) is 11.6 Å². The van der Waals surface area contributed by atoms with Crippen LogP contribution in [0.3, 0.4) is 0 Å². The standard InChI is InChI=1S/C11H12F4O.C2H6/c1-5(2)7-4-8(16)10(12)6(3)9(7)11(13,14)15;1-2/h4-5,16H,1-3H3;1-2H3. The summed E-state index contributed by atoms with van der Waals surface area (Å²) in [6.07, 6.45) is -4.61. The number of phenolic OH excluding ortho intramolecular Hbond substituents is 1. The third-order valence-electron chi connectivity index (χ3n) is 2.42. The minimum atomic E-state index is -4.61. The Bertz CT molecular complexity index is 408. The lowest BCUT2D eigenvalue weighted by Gasteiger charge is -2.19. The van der Waals surface area contributed by atoms with Gasteiger partial charge in [0.2, 0.25) is 0 Å². The zero-order valence-corrected chi connectivity index (χ0v) is 11.1. The molecular weight excluding hydrogens is 248 g/mol. The van der Waals surface area contributed by atoms with Crippen molar-refractivity contribution in [1.82, 2.24) is 0 Å². The van der Waals surface area contributed by atoms with Gasteiger partial charge in [0.1, 0.15) is 0 Å². The number of alkyl halides is 3. The molecule has 18 heavy (non-hydrogen) atoms. The fraction of sp³-hybridized carbons (Fsp3) is 0.538. The van der Waals surface area contributed by atoms with E-state index in [9.17, 15) is 22.7 Å². The quantitative estimate of drug-likeness (QED) is 0.708. The maximum atomic E-state index is 13.2. The molecule has 0 atom stereocenters. The molecular formula is C13H18F4O. The normalized spacial score (nSPS) is 11.2. The van der Waals surface area contributed by atoms with Crippen LogP contribution in [0, 0.1) is 12.7 Å². The number of hydrogen-bond acceptors (Lipinski definition) is 1. The number of benzene rings is 1. The molecule has 104 valence electrons. The summed E-state index contributed by atoms with van der Waals surface area (Å²) in [6.45, 7) is 8.13. The molecule has 0 aliphatic rings. The highest BCUT2D eigenvalue weighted by molar-refractivity contribution is 5.45. The molecule has 0 aliphatic carbocycles. The molecule has 1 N–H and O–H groups in total. The average Bonchev–Trinajstić information content (AvgIpc) is 2.26. The summed E-state index contributed by atoms with van der Waals surface area (Å²) >= 11 is 0. The molecule has 0 heterocycles. The molecule has 0 saturated heterocycles. The van der Waals surface area contributed by atoms with Gasteiger partial charge in [-0.05, 0) is 24.5 Å². The van der Waals surface area contributed by atoms with E-state index in [1.165, 1.54) is 0 Å². The van der Waals surface area contributed by atoms with Crippen molar-refractivity contribution >= 4 is 0 Å². The van der Waals surface area contributed by atoms with Crippen molar-refractivity contribution in [2.45, 2.75) is 46.7 Å². The van der Waals surface area contributed by atoms with E-state index in [1.54, 1.807) is 13.8 Å². The topological polar surface area (TPSA) is 20.2 Å². The molecule has 0 amide bonds. The second kappa shape index (κ2) is 6.07. The molecule has 0 bridgehead atoms. The highest BCUT2D eigenvalue weighted by Crippen LogP contribution is 2.40. The number of hydrogen-bond donors (Lipinski definition) is 1. The Hall–Kier alpha value is -1.26. The summed E-state index contributed by atoms with van der Waals surface area (Å²) < 4.78 is 51.4. The monoisotopic (exact) mass is 266 g/mol. The van der Waals surface area contributed by atoms with Crippen LogP contribution in [0.1, 0.15) is 50.3 Å². The van der Waals surface area contributed by atoms with E-state index < -0.39 is 34.8 Å². The Balaban J connectivity index is 0.00000137. The third kappa shape index (κ3) is 3.37. The second-order valence-corrected chi connectivity index (χ2v) is 3.95. The Morgan fingerprint density at radius 2 is 1.61 bits per heavy atom. The second-order valence-electron chi connectivity index (χ2n) is 3.95.